The SMILES string of the molecule is O=C(C1CC(c2ccc(CO)c(OC3CCCC3)c2)=NO1)N1CCCC1. The molecule has 2 fully saturated rings. The molecule has 1 aliphatic carbocycles. The largest absolute Gasteiger partial charge is 0.490 e. The van der Waals surface area contributed by atoms with Crippen LogP contribution >= 0.6 is 0 Å². The highest BCUT2D eigenvalue weighted by molar-refractivity contribution is 6.04. The Morgan fingerprint density at radius 3 is 2.73 bits per heavy atom. The summed E-state index contributed by atoms with van der Waals surface area (Å²) in [7, 11) is 0. The monoisotopic (exact) mass is 358 g/mol. The van der Waals surface area contributed by atoms with Crippen LogP contribution < -0.4 is 4.74 Å². The smallest absolute Gasteiger partial charge is 0.266 e. The highest BCUT2D eigenvalue weighted by atomic mass is 16.6. The first-order valence-electron chi connectivity index (χ1n) is 9.67. The first-order valence-corrected chi connectivity index (χ1v) is 9.67. The van der Waals surface area contributed by atoms with E-state index in [1.54, 1.807) is 0 Å². The van der Waals surface area contributed by atoms with E-state index >= 15 is 0 Å². The molecule has 1 aromatic rings. The van der Waals surface area contributed by atoms with Crippen LogP contribution in [0.3, 0.4) is 0 Å². The molecule has 0 bridgehead atoms. The van der Waals surface area contributed by atoms with Crippen LogP contribution in [-0.4, -0.2) is 46.9 Å². The van der Waals surface area contributed by atoms with Crippen LogP contribution in [-0.2, 0) is 16.2 Å². The van der Waals surface area contributed by atoms with Gasteiger partial charge in [0.2, 0.25) is 6.10 Å². The van der Waals surface area contributed by atoms with Gasteiger partial charge < -0.3 is 19.6 Å². The molecule has 1 unspecified atom stereocenters. The lowest BCUT2D eigenvalue weighted by Crippen LogP contribution is -2.37. The Labute approximate surface area is 153 Å². The van der Waals surface area contributed by atoms with Gasteiger partial charge in [-0.05, 0) is 44.6 Å². The molecule has 1 N–H and O–H groups in total. The second kappa shape index (κ2) is 7.66. The molecular weight excluding hydrogens is 332 g/mol. The Morgan fingerprint density at radius 2 is 2.00 bits per heavy atom. The zero-order valence-corrected chi connectivity index (χ0v) is 15.0. The van der Waals surface area contributed by atoms with E-state index in [-0.39, 0.29) is 18.6 Å². The van der Waals surface area contributed by atoms with E-state index in [1.165, 1.54) is 12.8 Å². The number of likely N-dealkylation sites (tertiary alicyclic amines) is 1. The van der Waals surface area contributed by atoms with E-state index in [0.717, 1.165) is 55.6 Å². The maximum atomic E-state index is 12.5. The fraction of sp³-hybridized carbons (Fsp3) is 0.600. The van der Waals surface area contributed by atoms with Gasteiger partial charge >= 0.3 is 0 Å². The zero-order valence-electron chi connectivity index (χ0n) is 15.0. The number of carbonyl (C=O) groups excluding carboxylic acids is 1. The van der Waals surface area contributed by atoms with Crippen molar-refractivity contribution in [3.05, 3.63) is 29.3 Å². The molecule has 1 atom stereocenters. The lowest BCUT2D eigenvalue weighted by atomic mass is 10.0. The molecule has 1 aromatic carbocycles. The number of hydrogen-bond donors (Lipinski definition) is 1. The summed E-state index contributed by atoms with van der Waals surface area (Å²) in [4.78, 5) is 19.8. The van der Waals surface area contributed by atoms with Crippen LogP contribution in [0.1, 0.15) is 56.1 Å². The summed E-state index contributed by atoms with van der Waals surface area (Å²) in [5, 5.41) is 13.8. The van der Waals surface area contributed by atoms with Crippen molar-refractivity contribution in [3.8, 4) is 5.75 Å². The molecular formula is C20H26N2O4. The maximum Gasteiger partial charge on any atom is 0.266 e. The van der Waals surface area contributed by atoms with Crippen molar-refractivity contribution >= 4 is 11.6 Å². The predicted molar refractivity (Wildman–Crippen MR) is 97.1 cm³/mol. The number of hydrogen-bond acceptors (Lipinski definition) is 5. The number of amides is 1. The first-order chi connectivity index (χ1) is 12.7. The zero-order chi connectivity index (χ0) is 17.9. The van der Waals surface area contributed by atoms with Crippen LogP contribution in [0, 0.1) is 0 Å². The van der Waals surface area contributed by atoms with E-state index in [9.17, 15) is 9.90 Å². The van der Waals surface area contributed by atoms with Crippen molar-refractivity contribution < 1.29 is 19.5 Å². The van der Waals surface area contributed by atoms with E-state index in [1.807, 2.05) is 23.1 Å². The summed E-state index contributed by atoms with van der Waals surface area (Å²) in [5.74, 6) is 0.754. The fourth-order valence-corrected chi connectivity index (χ4v) is 3.98. The number of aliphatic hydroxyl groups is 1. The minimum atomic E-state index is -0.514. The molecule has 2 heterocycles. The van der Waals surface area contributed by atoms with Gasteiger partial charge in [-0.15, -0.1) is 0 Å². The van der Waals surface area contributed by atoms with Crippen molar-refractivity contribution in [3.63, 3.8) is 0 Å². The number of nitrogens with zero attached hydrogens (tertiary/aromatic N) is 2. The summed E-state index contributed by atoms with van der Waals surface area (Å²) in [6.45, 7) is 1.58. The minimum Gasteiger partial charge on any atom is -0.490 e. The lowest BCUT2D eigenvalue weighted by Gasteiger charge is -2.18. The predicted octanol–water partition coefficient (Wildman–Crippen LogP) is 2.62. The highest BCUT2D eigenvalue weighted by Gasteiger charge is 2.33. The minimum absolute atomic E-state index is 0.0376. The molecule has 6 heteroatoms. The molecule has 0 spiro atoms. The molecule has 1 amide bonds. The summed E-state index contributed by atoms with van der Waals surface area (Å²) < 4.78 is 6.12. The van der Waals surface area contributed by atoms with Gasteiger partial charge in [-0.2, -0.15) is 0 Å². The van der Waals surface area contributed by atoms with Gasteiger partial charge in [0.25, 0.3) is 5.91 Å². The Balaban J connectivity index is 1.46. The molecule has 2 aliphatic heterocycles. The van der Waals surface area contributed by atoms with Crippen molar-refractivity contribution in [2.24, 2.45) is 5.16 Å². The van der Waals surface area contributed by atoms with E-state index in [4.69, 9.17) is 9.57 Å². The number of ether oxygens (including phenoxy) is 1. The number of rotatable bonds is 5. The third kappa shape index (κ3) is 3.56. The molecule has 6 nitrogen and oxygen atoms in total. The Bertz CT molecular complexity index is 691. The molecule has 3 aliphatic rings. The van der Waals surface area contributed by atoms with Crippen molar-refractivity contribution in [1.82, 2.24) is 4.90 Å². The molecule has 140 valence electrons. The van der Waals surface area contributed by atoms with Gasteiger partial charge in [-0.1, -0.05) is 17.3 Å². The van der Waals surface area contributed by atoms with Crippen LogP contribution in [0.4, 0.5) is 0 Å². The average molecular weight is 358 g/mol. The van der Waals surface area contributed by atoms with Crippen LogP contribution in [0.15, 0.2) is 23.4 Å². The van der Waals surface area contributed by atoms with E-state index in [2.05, 4.69) is 5.16 Å². The maximum absolute atomic E-state index is 12.5. The van der Waals surface area contributed by atoms with Gasteiger partial charge in [0, 0.05) is 30.6 Å². The number of benzene rings is 1. The van der Waals surface area contributed by atoms with E-state index in [0.29, 0.717) is 12.2 Å². The Hall–Kier alpha value is -2.08. The molecule has 26 heavy (non-hydrogen) atoms. The van der Waals surface area contributed by atoms with Crippen molar-refractivity contribution in [2.45, 2.75) is 63.8 Å². The third-order valence-corrected chi connectivity index (χ3v) is 5.53. The number of oxime groups is 1. The van der Waals surface area contributed by atoms with Gasteiger partial charge in [-0.25, -0.2) is 0 Å². The molecule has 1 saturated carbocycles. The van der Waals surface area contributed by atoms with Gasteiger partial charge in [0.05, 0.1) is 18.4 Å². The van der Waals surface area contributed by atoms with Gasteiger partial charge in [-0.3, -0.25) is 4.79 Å². The molecule has 4 rings (SSSR count). The normalized spacial score (nSPS) is 23.2. The lowest BCUT2D eigenvalue weighted by molar-refractivity contribution is -0.140. The Morgan fingerprint density at radius 1 is 1.23 bits per heavy atom. The highest BCUT2D eigenvalue weighted by Crippen LogP contribution is 2.29. The standard InChI is InChI=1S/C20H26N2O4/c23-13-15-8-7-14(11-18(15)25-16-5-1-2-6-16)17-12-19(26-21-17)20(24)22-9-3-4-10-22/h7-8,11,16,19,23H,1-6,9-10,12-13H2. The van der Waals surface area contributed by atoms with Crippen LogP contribution in [0.25, 0.3) is 0 Å². The molecule has 0 radical (unpaired) electrons. The van der Waals surface area contributed by atoms with Crippen LogP contribution in [0.5, 0.6) is 5.75 Å². The third-order valence-electron chi connectivity index (χ3n) is 5.53. The molecule has 0 aromatic heterocycles. The van der Waals surface area contributed by atoms with Gasteiger partial charge in [0.15, 0.2) is 0 Å². The van der Waals surface area contributed by atoms with Crippen LogP contribution in [0.2, 0.25) is 0 Å². The summed E-state index contributed by atoms with van der Waals surface area (Å²) in [5.41, 5.74) is 2.44. The summed E-state index contributed by atoms with van der Waals surface area (Å²) in [6.07, 6.45) is 6.84. The first kappa shape index (κ1) is 17.3. The molecule has 1 saturated heterocycles. The fourth-order valence-electron chi connectivity index (χ4n) is 3.98. The summed E-state index contributed by atoms with van der Waals surface area (Å²) in [6, 6.07) is 5.71. The van der Waals surface area contributed by atoms with Crippen molar-refractivity contribution in [2.75, 3.05) is 13.1 Å². The second-order valence-corrected chi connectivity index (χ2v) is 7.37. The number of carbonyl (C=O) groups is 1. The van der Waals surface area contributed by atoms with Crippen molar-refractivity contribution in [1.29, 1.82) is 0 Å². The topological polar surface area (TPSA) is 71.4 Å². The van der Waals surface area contributed by atoms with E-state index < -0.39 is 6.10 Å². The quantitative estimate of drug-likeness (QED) is 0.878. The Kier molecular flexibility index (Phi) is 5.11. The second-order valence-electron chi connectivity index (χ2n) is 7.37. The number of aliphatic hydroxyl groups excluding tert-OH is 1. The summed E-state index contributed by atoms with van der Waals surface area (Å²) >= 11 is 0. The average Bonchev–Trinajstić information content (AvgIpc) is 3.42. The van der Waals surface area contributed by atoms with Gasteiger partial charge in [0.1, 0.15) is 5.75 Å².